The van der Waals surface area contributed by atoms with Gasteiger partial charge in [-0.25, -0.2) is 4.98 Å². The van der Waals surface area contributed by atoms with Crippen LogP contribution < -0.4 is 10.1 Å². The van der Waals surface area contributed by atoms with Gasteiger partial charge in [-0.3, -0.25) is 0 Å². The van der Waals surface area contributed by atoms with E-state index < -0.39 is 0 Å². The maximum absolute atomic E-state index is 5.32. The monoisotopic (exact) mass is 236 g/mol. The maximum atomic E-state index is 5.32. The standard InChI is InChI=1S/C14H24N2O/c1-4-7-8-12(5-2)16-13-9-10-14(15-11-13)17-6-3/h9-12,16H,4-8H2,1-3H3. The Hall–Kier alpha value is -1.25. The summed E-state index contributed by atoms with van der Waals surface area (Å²) in [5, 5.41) is 3.51. The number of unbranched alkanes of at least 4 members (excludes halogenated alkanes) is 1. The summed E-state index contributed by atoms with van der Waals surface area (Å²) in [6.07, 6.45) is 6.74. The van der Waals surface area contributed by atoms with Crippen molar-refractivity contribution in [1.29, 1.82) is 0 Å². The minimum Gasteiger partial charge on any atom is -0.478 e. The van der Waals surface area contributed by atoms with Crippen molar-refractivity contribution in [3.8, 4) is 5.88 Å². The molecule has 0 aromatic carbocycles. The fourth-order valence-corrected chi connectivity index (χ4v) is 1.76. The lowest BCUT2D eigenvalue weighted by Crippen LogP contribution is -2.18. The van der Waals surface area contributed by atoms with E-state index in [4.69, 9.17) is 4.74 Å². The minimum atomic E-state index is 0.551. The molecule has 0 aliphatic heterocycles. The highest BCUT2D eigenvalue weighted by atomic mass is 16.5. The number of rotatable bonds is 8. The van der Waals surface area contributed by atoms with Gasteiger partial charge in [0.25, 0.3) is 0 Å². The van der Waals surface area contributed by atoms with Crippen molar-refractivity contribution in [3.05, 3.63) is 18.3 Å². The summed E-state index contributed by atoms with van der Waals surface area (Å²) in [5.74, 6) is 0.694. The first kappa shape index (κ1) is 13.8. The molecule has 0 aliphatic rings. The van der Waals surface area contributed by atoms with Gasteiger partial charge in [-0.1, -0.05) is 26.7 Å². The van der Waals surface area contributed by atoms with Crippen LogP contribution in [0.1, 0.15) is 46.5 Å². The Morgan fingerprint density at radius 1 is 1.29 bits per heavy atom. The van der Waals surface area contributed by atoms with E-state index in [2.05, 4.69) is 24.1 Å². The van der Waals surface area contributed by atoms with Gasteiger partial charge in [0.05, 0.1) is 18.5 Å². The molecule has 0 spiro atoms. The minimum absolute atomic E-state index is 0.551. The van der Waals surface area contributed by atoms with Crippen LogP contribution in [0.4, 0.5) is 5.69 Å². The first-order chi connectivity index (χ1) is 8.30. The van der Waals surface area contributed by atoms with Crippen molar-refractivity contribution in [3.63, 3.8) is 0 Å². The molecule has 1 N–H and O–H groups in total. The molecule has 1 rings (SSSR count). The van der Waals surface area contributed by atoms with Crippen LogP contribution in [0.15, 0.2) is 18.3 Å². The number of anilines is 1. The topological polar surface area (TPSA) is 34.1 Å². The molecule has 96 valence electrons. The van der Waals surface area contributed by atoms with Crippen LogP contribution in [0, 0.1) is 0 Å². The van der Waals surface area contributed by atoms with Crippen LogP contribution in [-0.2, 0) is 0 Å². The molecule has 1 heterocycles. The second-order valence-corrected chi connectivity index (χ2v) is 4.21. The zero-order valence-corrected chi connectivity index (χ0v) is 11.2. The SMILES string of the molecule is CCCCC(CC)Nc1ccc(OCC)nc1. The van der Waals surface area contributed by atoms with E-state index >= 15 is 0 Å². The number of aromatic nitrogens is 1. The quantitative estimate of drug-likeness (QED) is 0.744. The van der Waals surface area contributed by atoms with Crippen molar-refractivity contribution in [1.82, 2.24) is 4.98 Å². The summed E-state index contributed by atoms with van der Waals surface area (Å²) >= 11 is 0. The van der Waals surface area contributed by atoms with Crippen LogP contribution in [0.3, 0.4) is 0 Å². The molecule has 0 aliphatic carbocycles. The van der Waals surface area contributed by atoms with Gasteiger partial charge < -0.3 is 10.1 Å². The van der Waals surface area contributed by atoms with Gasteiger partial charge in [-0.15, -0.1) is 0 Å². The van der Waals surface area contributed by atoms with E-state index in [0.717, 1.165) is 12.1 Å². The normalized spacial score (nSPS) is 12.2. The molecule has 0 saturated heterocycles. The fourth-order valence-electron chi connectivity index (χ4n) is 1.76. The van der Waals surface area contributed by atoms with Crippen LogP contribution in [0.2, 0.25) is 0 Å². The number of hydrogen-bond acceptors (Lipinski definition) is 3. The van der Waals surface area contributed by atoms with E-state index in [0.29, 0.717) is 18.5 Å². The summed E-state index contributed by atoms with van der Waals surface area (Å²) in [6, 6.07) is 4.50. The second-order valence-electron chi connectivity index (χ2n) is 4.21. The van der Waals surface area contributed by atoms with E-state index in [1.54, 1.807) is 0 Å². The Morgan fingerprint density at radius 2 is 2.12 bits per heavy atom. The third kappa shape index (κ3) is 5.07. The van der Waals surface area contributed by atoms with Gasteiger partial charge in [0, 0.05) is 12.1 Å². The van der Waals surface area contributed by atoms with Gasteiger partial charge in [0.2, 0.25) is 5.88 Å². The third-order valence-corrected chi connectivity index (χ3v) is 2.80. The zero-order chi connectivity index (χ0) is 12.5. The average molecular weight is 236 g/mol. The molecule has 3 nitrogen and oxygen atoms in total. The molecule has 1 aromatic heterocycles. The molecule has 0 fully saturated rings. The number of nitrogens with one attached hydrogen (secondary N) is 1. The maximum Gasteiger partial charge on any atom is 0.213 e. The Balaban J connectivity index is 2.48. The summed E-state index contributed by atoms with van der Waals surface area (Å²) in [4.78, 5) is 4.25. The zero-order valence-electron chi connectivity index (χ0n) is 11.2. The van der Waals surface area contributed by atoms with E-state index in [-0.39, 0.29) is 0 Å². The molecular weight excluding hydrogens is 212 g/mol. The van der Waals surface area contributed by atoms with Crippen LogP contribution >= 0.6 is 0 Å². The van der Waals surface area contributed by atoms with E-state index in [1.807, 2.05) is 25.3 Å². The Morgan fingerprint density at radius 3 is 2.65 bits per heavy atom. The number of ether oxygens (including phenoxy) is 1. The predicted molar refractivity (Wildman–Crippen MR) is 72.6 cm³/mol. The highest BCUT2D eigenvalue weighted by Crippen LogP contribution is 2.15. The molecular formula is C14H24N2O. The van der Waals surface area contributed by atoms with Crippen molar-refractivity contribution in [2.45, 2.75) is 52.5 Å². The first-order valence-corrected chi connectivity index (χ1v) is 6.65. The largest absolute Gasteiger partial charge is 0.478 e. The average Bonchev–Trinajstić information content (AvgIpc) is 2.37. The van der Waals surface area contributed by atoms with Gasteiger partial charge in [0.15, 0.2) is 0 Å². The molecule has 1 aromatic rings. The lowest BCUT2D eigenvalue weighted by molar-refractivity contribution is 0.327. The van der Waals surface area contributed by atoms with Crippen LogP contribution in [-0.4, -0.2) is 17.6 Å². The highest BCUT2D eigenvalue weighted by Gasteiger charge is 2.05. The van der Waals surface area contributed by atoms with Gasteiger partial charge >= 0.3 is 0 Å². The smallest absolute Gasteiger partial charge is 0.213 e. The second kappa shape index (κ2) is 7.93. The number of pyridine rings is 1. The van der Waals surface area contributed by atoms with Crippen molar-refractivity contribution in [2.24, 2.45) is 0 Å². The van der Waals surface area contributed by atoms with Gasteiger partial charge in [0.1, 0.15) is 0 Å². The van der Waals surface area contributed by atoms with Crippen molar-refractivity contribution >= 4 is 5.69 Å². The molecule has 3 heteroatoms. The molecule has 0 saturated carbocycles. The summed E-state index contributed by atoms with van der Waals surface area (Å²) in [5.41, 5.74) is 1.08. The third-order valence-electron chi connectivity index (χ3n) is 2.80. The Kier molecular flexibility index (Phi) is 6.45. The molecule has 1 atom stereocenters. The van der Waals surface area contributed by atoms with Crippen LogP contribution in [0.25, 0.3) is 0 Å². The van der Waals surface area contributed by atoms with Gasteiger partial charge in [-0.2, -0.15) is 0 Å². The Bertz CT molecular complexity index is 298. The molecule has 1 unspecified atom stereocenters. The molecule has 0 amide bonds. The fraction of sp³-hybridized carbons (Fsp3) is 0.643. The Labute approximate surface area is 105 Å². The summed E-state index contributed by atoms with van der Waals surface area (Å²) in [6.45, 7) is 7.07. The van der Waals surface area contributed by atoms with E-state index in [9.17, 15) is 0 Å². The predicted octanol–water partition coefficient (Wildman–Crippen LogP) is 3.86. The summed E-state index contributed by atoms with van der Waals surface area (Å²) < 4.78 is 5.32. The first-order valence-electron chi connectivity index (χ1n) is 6.65. The lowest BCUT2D eigenvalue weighted by atomic mass is 10.1. The molecule has 0 radical (unpaired) electrons. The molecule has 17 heavy (non-hydrogen) atoms. The van der Waals surface area contributed by atoms with E-state index in [1.165, 1.54) is 19.3 Å². The molecule has 0 bridgehead atoms. The van der Waals surface area contributed by atoms with Crippen molar-refractivity contribution < 1.29 is 4.74 Å². The lowest BCUT2D eigenvalue weighted by Gasteiger charge is -2.17. The highest BCUT2D eigenvalue weighted by molar-refractivity contribution is 5.42. The van der Waals surface area contributed by atoms with Crippen molar-refractivity contribution in [2.75, 3.05) is 11.9 Å². The van der Waals surface area contributed by atoms with Crippen LogP contribution in [0.5, 0.6) is 5.88 Å². The number of nitrogens with zero attached hydrogens (tertiary/aromatic N) is 1. The van der Waals surface area contributed by atoms with Gasteiger partial charge in [-0.05, 0) is 25.8 Å². The number of hydrogen-bond donors (Lipinski definition) is 1. The summed E-state index contributed by atoms with van der Waals surface area (Å²) in [7, 11) is 0.